The van der Waals surface area contributed by atoms with Crippen molar-refractivity contribution in [2.24, 2.45) is 7.05 Å². The van der Waals surface area contributed by atoms with E-state index in [0.717, 1.165) is 23.6 Å². The fourth-order valence-electron chi connectivity index (χ4n) is 3.32. The van der Waals surface area contributed by atoms with Crippen LogP contribution in [0, 0.1) is 12.7 Å². The van der Waals surface area contributed by atoms with Crippen molar-refractivity contribution in [2.45, 2.75) is 13.8 Å². The lowest BCUT2D eigenvalue weighted by Crippen LogP contribution is -2.16. The van der Waals surface area contributed by atoms with Crippen LogP contribution in [0.4, 0.5) is 27.4 Å². The van der Waals surface area contributed by atoms with Gasteiger partial charge in [-0.05, 0) is 68.4 Å². The summed E-state index contributed by atoms with van der Waals surface area (Å²) < 4.78 is 14.7. The van der Waals surface area contributed by atoms with Gasteiger partial charge in [-0.2, -0.15) is 5.10 Å². The van der Waals surface area contributed by atoms with Crippen LogP contribution in [0.25, 0.3) is 11.3 Å². The Labute approximate surface area is 190 Å². The Morgan fingerprint density at radius 1 is 0.970 bits per heavy atom. The van der Waals surface area contributed by atoms with Gasteiger partial charge in [-0.25, -0.2) is 14.4 Å². The minimum atomic E-state index is -0.321. The largest absolute Gasteiger partial charge is 0.370 e. The molecule has 4 rings (SSSR count). The molecule has 0 aliphatic heterocycles. The van der Waals surface area contributed by atoms with Crippen molar-refractivity contribution >= 4 is 28.9 Å². The molecule has 2 heterocycles. The highest BCUT2D eigenvalue weighted by Gasteiger charge is 2.15. The van der Waals surface area contributed by atoms with Crippen molar-refractivity contribution < 1.29 is 9.18 Å². The van der Waals surface area contributed by atoms with E-state index in [9.17, 15) is 9.18 Å². The number of hydrogen-bond acceptors (Lipinski definition) is 6. The van der Waals surface area contributed by atoms with Crippen LogP contribution in [0.1, 0.15) is 23.2 Å². The van der Waals surface area contributed by atoms with E-state index >= 15 is 0 Å². The van der Waals surface area contributed by atoms with Crippen molar-refractivity contribution in [3.8, 4) is 11.3 Å². The van der Waals surface area contributed by atoms with E-state index in [2.05, 4.69) is 31.0 Å². The molecule has 0 unspecified atom stereocenters. The summed E-state index contributed by atoms with van der Waals surface area (Å²) in [7, 11) is 1.69. The fourth-order valence-corrected chi connectivity index (χ4v) is 3.32. The Balaban J connectivity index is 1.44. The lowest BCUT2D eigenvalue weighted by Gasteiger charge is -2.10. The van der Waals surface area contributed by atoms with E-state index in [1.807, 2.05) is 32.0 Å². The van der Waals surface area contributed by atoms with Crippen molar-refractivity contribution in [2.75, 3.05) is 22.5 Å². The zero-order valence-electron chi connectivity index (χ0n) is 18.6. The van der Waals surface area contributed by atoms with Crippen LogP contribution in [-0.4, -0.2) is 32.2 Å². The third-order valence-electron chi connectivity index (χ3n) is 4.86. The van der Waals surface area contributed by atoms with Gasteiger partial charge in [0, 0.05) is 36.6 Å². The van der Waals surface area contributed by atoms with Gasteiger partial charge in [0.15, 0.2) is 0 Å². The van der Waals surface area contributed by atoms with Crippen LogP contribution in [0.2, 0.25) is 0 Å². The number of anilines is 4. The summed E-state index contributed by atoms with van der Waals surface area (Å²) in [5.41, 5.74) is 3.19. The van der Waals surface area contributed by atoms with E-state index in [0.29, 0.717) is 28.7 Å². The predicted octanol–water partition coefficient (Wildman–Crippen LogP) is 4.75. The molecule has 0 spiro atoms. The highest BCUT2D eigenvalue weighted by atomic mass is 19.1. The van der Waals surface area contributed by atoms with Crippen LogP contribution in [-0.2, 0) is 7.05 Å². The van der Waals surface area contributed by atoms with Crippen LogP contribution >= 0.6 is 0 Å². The lowest BCUT2D eigenvalue weighted by molar-refractivity contribution is 0.101. The maximum absolute atomic E-state index is 13.2. The molecule has 8 nitrogen and oxygen atoms in total. The summed E-state index contributed by atoms with van der Waals surface area (Å²) in [6.45, 7) is 4.61. The summed E-state index contributed by atoms with van der Waals surface area (Å²) in [5, 5.41) is 13.7. The summed E-state index contributed by atoms with van der Waals surface area (Å²) in [6.07, 6.45) is 0. The molecule has 0 fully saturated rings. The van der Waals surface area contributed by atoms with Gasteiger partial charge < -0.3 is 16.0 Å². The standard InChI is InChI=1S/C24H24FN7O/c1-4-26-22-14-23(28-15(2)27-22)29-18-9-11-19(12-10-18)30-24(33)21-13-20(31-32(21)3)16-5-7-17(25)8-6-16/h5-14H,4H2,1-3H3,(H,30,33)(H2,26,27,28,29). The molecule has 0 saturated carbocycles. The number of rotatable bonds is 7. The number of aryl methyl sites for hydroxylation is 2. The molecule has 2 aromatic heterocycles. The summed E-state index contributed by atoms with van der Waals surface area (Å²) >= 11 is 0. The zero-order chi connectivity index (χ0) is 23.4. The van der Waals surface area contributed by atoms with E-state index in [1.165, 1.54) is 16.8 Å². The summed E-state index contributed by atoms with van der Waals surface area (Å²) in [6, 6.07) is 16.8. The highest BCUT2D eigenvalue weighted by molar-refractivity contribution is 6.03. The van der Waals surface area contributed by atoms with E-state index < -0.39 is 0 Å². The van der Waals surface area contributed by atoms with Crippen molar-refractivity contribution in [1.82, 2.24) is 19.7 Å². The number of halogens is 1. The molecular formula is C24H24FN7O. The Hall–Kier alpha value is -4.27. The molecule has 0 aliphatic rings. The first-order chi connectivity index (χ1) is 15.9. The average molecular weight is 446 g/mol. The first kappa shape index (κ1) is 21.9. The second-order valence-corrected chi connectivity index (χ2v) is 7.42. The zero-order valence-corrected chi connectivity index (χ0v) is 18.6. The van der Waals surface area contributed by atoms with Crippen LogP contribution in [0.3, 0.4) is 0 Å². The second-order valence-electron chi connectivity index (χ2n) is 7.42. The van der Waals surface area contributed by atoms with Gasteiger partial charge in [0.2, 0.25) is 0 Å². The monoisotopic (exact) mass is 445 g/mol. The van der Waals surface area contributed by atoms with Gasteiger partial charge in [-0.15, -0.1) is 0 Å². The maximum Gasteiger partial charge on any atom is 0.273 e. The summed E-state index contributed by atoms with van der Waals surface area (Å²) in [4.78, 5) is 21.5. The number of amides is 1. The molecule has 2 aromatic carbocycles. The SMILES string of the molecule is CCNc1cc(Nc2ccc(NC(=O)c3cc(-c4ccc(F)cc4)nn3C)cc2)nc(C)n1. The molecule has 0 atom stereocenters. The number of hydrogen-bond donors (Lipinski definition) is 3. The Kier molecular flexibility index (Phi) is 6.30. The van der Waals surface area contributed by atoms with E-state index in [-0.39, 0.29) is 11.7 Å². The van der Waals surface area contributed by atoms with E-state index in [1.54, 1.807) is 37.4 Å². The average Bonchev–Trinajstić information content (AvgIpc) is 3.17. The van der Waals surface area contributed by atoms with Crippen LogP contribution in [0.15, 0.2) is 60.7 Å². The fraction of sp³-hybridized carbons (Fsp3) is 0.167. The lowest BCUT2D eigenvalue weighted by atomic mass is 10.1. The molecule has 4 aromatic rings. The highest BCUT2D eigenvalue weighted by Crippen LogP contribution is 2.22. The molecule has 0 bridgehead atoms. The van der Waals surface area contributed by atoms with Gasteiger partial charge >= 0.3 is 0 Å². The topological polar surface area (TPSA) is 96.8 Å². The molecule has 168 valence electrons. The summed E-state index contributed by atoms with van der Waals surface area (Å²) in [5.74, 6) is 1.49. The minimum Gasteiger partial charge on any atom is -0.370 e. The second kappa shape index (κ2) is 9.47. The maximum atomic E-state index is 13.2. The predicted molar refractivity (Wildman–Crippen MR) is 127 cm³/mol. The number of carbonyl (C=O) groups is 1. The normalized spacial score (nSPS) is 10.7. The molecule has 3 N–H and O–H groups in total. The molecule has 0 radical (unpaired) electrons. The molecule has 33 heavy (non-hydrogen) atoms. The third kappa shape index (κ3) is 5.32. The van der Waals surface area contributed by atoms with Crippen LogP contribution in [0.5, 0.6) is 0 Å². The Bertz CT molecular complexity index is 1270. The quantitative estimate of drug-likeness (QED) is 0.380. The van der Waals surface area contributed by atoms with Gasteiger partial charge in [-0.3, -0.25) is 9.48 Å². The number of aromatic nitrogens is 4. The third-order valence-corrected chi connectivity index (χ3v) is 4.86. The van der Waals surface area contributed by atoms with Crippen molar-refractivity contribution in [1.29, 1.82) is 0 Å². The first-order valence-electron chi connectivity index (χ1n) is 10.5. The van der Waals surface area contributed by atoms with Crippen molar-refractivity contribution in [3.63, 3.8) is 0 Å². The number of benzene rings is 2. The molecule has 0 aliphatic carbocycles. The van der Waals surface area contributed by atoms with E-state index in [4.69, 9.17) is 0 Å². The molecule has 0 saturated heterocycles. The number of nitrogens with one attached hydrogen (secondary N) is 3. The molecule has 1 amide bonds. The number of carbonyl (C=O) groups excluding carboxylic acids is 1. The van der Waals surface area contributed by atoms with Gasteiger partial charge in [0.1, 0.15) is 29.0 Å². The van der Waals surface area contributed by atoms with Gasteiger partial charge in [0.25, 0.3) is 5.91 Å². The molecule has 9 heteroatoms. The number of nitrogens with zero attached hydrogens (tertiary/aromatic N) is 4. The minimum absolute atomic E-state index is 0.291. The van der Waals surface area contributed by atoms with Crippen LogP contribution < -0.4 is 16.0 Å². The smallest absolute Gasteiger partial charge is 0.273 e. The first-order valence-corrected chi connectivity index (χ1v) is 10.5. The van der Waals surface area contributed by atoms with Crippen molar-refractivity contribution in [3.05, 3.63) is 78.0 Å². The molecular weight excluding hydrogens is 421 g/mol. The van der Waals surface area contributed by atoms with Gasteiger partial charge in [-0.1, -0.05) is 0 Å². The van der Waals surface area contributed by atoms with Gasteiger partial charge in [0.05, 0.1) is 5.69 Å². The Morgan fingerprint density at radius 3 is 2.33 bits per heavy atom. The Morgan fingerprint density at radius 2 is 1.64 bits per heavy atom.